The van der Waals surface area contributed by atoms with Crippen molar-refractivity contribution in [1.82, 2.24) is 9.97 Å². The molecule has 9 heteroatoms. The van der Waals surface area contributed by atoms with E-state index in [2.05, 4.69) is 15.3 Å². The molecule has 0 spiro atoms. The van der Waals surface area contributed by atoms with Gasteiger partial charge in [0.2, 0.25) is 15.8 Å². The van der Waals surface area contributed by atoms with Crippen LogP contribution in [-0.4, -0.2) is 30.1 Å². The highest BCUT2D eigenvalue weighted by Crippen LogP contribution is 2.18. The maximum atomic E-state index is 12.4. The van der Waals surface area contributed by atoms with E-state index in [1.807, 2.05) is 0 Å². The summed E-state index contributed by atoms with van der Waals surface area (Å²) >= 11 is 0. The van der Waals surface area contributed by atoms with Crippen LogP contribution in [0.2, 0.25) is 0 Å². The van der Waals surface area contributed by atoms with Gasteiger partial charge in [0.1, 0.15) is 0 Å². The molecule has 2 rings (SSSR count). The number of halogens is 2. The number of rotatable bonds is 4. The molecule has 0 aliphatic rings. The van der Waals surface area contributed by atoms with E-state index >= 15 is 0 Å². The van der Waals surface area contributed by atoms with Crippen LogP contribution < -0.4 is 5.32 Å². The molecule has 0 atom stereocenters. The molecule has 0 bridgehead atoms. The quantitative estimate of drug-likeness (QED) is 0.928. The number of benzene rings is 1. The lowest BCUT2D eigenvalue weighted by atomic mass is 10.2. The van der Waals surface area contributed by atoms with Crippen molar-refractivity contribution in [3.63, 3.8) is 0 Å². The average molecular weight is 313 g/mol. The molecule has 0 fully saturated rings. The number of aromatic nitrogens is 2. The van der Waals surface area contributed by atoms with Crippen molar-refractivity contribution in [1.29, 1.82) is 0 Å². The Morgan fingerprint density at radius 2 is 1.67 bits per heavy atom. The molecule has 2 aromatic rings. The molecule has 0 radical (unpaired) electrons. The number of carbonyl (C=O) groups excluding carboxylic acids is 1. The molecule has 0 unspecified atom stereocenters. The van der Waals surface area contributed by atoms with Crippen LogP contribution >= 0.6 is 0 Å². The molecule has 110 valence electrons. The first-order chi connectivity index (χ1) is 9.91. The summed E-state index contributed by atoms with van der Waals surface area (Å²) in [6, 6.07) is 5.73. The molecule has 0 aliphatic heterocycles. The molecular weight excluding hydrogens is 304 g/mol. The summed E-state index contributed by atoms with van der Waals surface area (Å²) in [7, 11) is -4.67. The SMILES string of the molecule is O=C(Nc1ncccn1)c1ccc(S(=O)(=O)C(F)F)cc1. The number of alkyl halides is 2. The molecule has 1 aromatic heterocycles. The molecular formula is C12H9F2N3O3S. The van der Waals surface area contributed by atoms with Crippen LogP contribution in [0.15, 0.2) is 47.6 Å². The highest BCUT2D eigenvalue weighted by atomic mass is 32.2. The first kappa shape index (κ1) is 15.0. The van der Waals surface area contributed by atoms with Gasteiger partial charge in [-0.15, -0.1) is 0 Å². The molecule has 21 heavy (non-hydrogen) atoms. The largest absolute Gasteiger partial charge is 0.341 e. The Balaban J connectivity index is 2.18. The van der Waals surface area contributed by atoms with Gasteiger partial charge in [-0.05, 0) is 30.3 Å². The topological polar surface area (TPSA) is 89.0 Å². The second-order valence-corrected chi connectivity index (χ2v) is 5.77. The monoisotopic (exact) mass is 313 g/mol. The number of nitrogens with one attached hydrogen (secondary N) is 1. The van der Waals surface area contributed by atoms with E-state index < -0.39 is 26.4 Å². The Bertz CT molecular complexity index is 734. The van der Waals surface area contributed by atoms with Gasteiger partial charge in [-0.2, -0.15) is 8.78 Å². The Morgan fingerprint density at radius 3 is 2.19 bits per heavy atom. The maximum absolute atomic E-state index is 12.4. The Kier molecular flexibility index (Phi) is 4.22. The van der Waals surface area contributed by atoms with Gasteiger partial charge in [0, 0.05) is 18.0 Å². The van der Waals surface area contributed by atoms with Gasteiger partial charge >= 0.3 is 5.76 Å². The first-order valence-corrected chi connectivity index (χ1v) is 7.16. The average Bonchev–Trinajstić information content (AvgIpc) is 2.48. The first-order valence-electron chi connectivity index (χ1n) is 5.62. The summed E-state index contributed by atoms with van der Waals surface area (Å²) in [5.41, 5.74) is 0.0932. The highest BCUT2D eigenvalue weighted by molar-refractivity contribution is 7.91. The van der Waals surface area contributed by atoms with E-state index in [-0.39, 0.29) is 11.5 Å². The Labute approximate surface area is 118 Å². The normalized spacial score (nSPS) is 11.4. The number of hydrogen-bond donors (Lipinski definition) is 1. The summed E-state index contributed by atoms with van der Waals surface area (Å²) in [6.45, 7) is 0. The summed E-state index contributed by atoms with van der Waals surface area (Å²) in [5, 5.41) is 2.38. The number of nitrogens with zero attached hydrogens (tertiary/aromatic N) is 2. The van der Waals surface area contributed by atoms with E-state index in [9.17, 15) is 22.0 Å². The van der Waals surface area contributed by atoms with Gasteiger partial charge in [0.15, 0.2) is 0 Å². The van der Waals surface area contributed by atoms with Crippen molar-refractivity contribution in [2.24, 2.45) is 0 Å². The van der Waals surface area contributed by atoms with Crippen LogP contribution in [0.25, 0.3) is 0 Å². The lowest BCUT2D eigenvalue weighted by Gasteiger charge is -2.05. The minimum atomic E-state index is -4.67. The van der Waals surface area contributed by atoms with Gasteiger partial charge < -0.3 is 0 Å². The minimum Gasteiger partial charge on any atom is -0.290 e. The number of sulfone groups is 1. The van der Waals surface area contributed by atoms with Crippen molar-refractivity contribution in [3.05, 3.63) is 48.3 Å². The van der Waals surface area contributed by atoms with Gasteiger partial charge in [0.25, 0.3) is 5.91 Å². The third-order valence-corrected chi connectivity index (χ3v) is 3.87. The van der Waals surface area contributed by atoms with Crippen LogP contribution in [-0.2, 0) is 9.84 Å². The van der Waals surface area contributed by atoms with Gasteiger partial charge in [-0.3, -0.25) is 10.1 Å². The third-order valence-electron chi connectivity index (χ3n) is 2.47. The molecule has 0 saturated heterocycles. The van der Waals surface area contributed by atoms with E-state index in [0.29, 0.717) is 0 Å². The van der Waals surface area contributed by atoms with E-state index in [1.54, 1.807) is 6.07 Å². The fourth-order valence-electron chi connectivity index (χ4n) is 1.44. The number of carbonyl (C=O) groups is 1. The smallest absolute Gasteiger partial charge is 0.290 e. The van der Waals surface area contributed by atoms with Gasteiger partial charge in [0.05, 0.1) is 4.90 Å². The molecule has 0 aliphatic carbocycles. The minimum absolute atomic E-state index is 0.0757. The van der Waals surface area contributed by atoms with E-state index in [4.69, 9.17) is 0 Å². The zero-order valence-corrected chi connectivity index (χ0v) is 11.2. The fourth-order valence-corrected chi connectivity index (χ4v) is 2.16. The van der Waals surface area contributed by atoms with Crippen molar-refractivity contribution < 1.29 is 22.0 Å². The van der Waals surface area contributed by atoms with Gasteiger partial charge in [-0.1, -0.05) is 0 Å². The second-order valence-electron chi connectivity index (χ2n) is 3.86. The van der Waals surface area contributed by atoms with Crippen LogP contribution in [0.5, 0.6) is 0 Å². The molecule has 1 heterocycles. The van der Waals surface area contributed by atoms with E-state index in [1.165, 1.54) is 12.4 Å². The van der Waals surface area contributed by atoms with E-state index in [0.717, 1.165) is 24.3 Å². The van der Waals surface area contributed by atoms with Crippen LogP contribution in [0.4, 0.5) is 14.7 Å². The van der Waals surface area contributed by atoms with Crippen LogP contribution in [0, 0.1) is 0 Å². The van der Waals surface area contributed by atoms with Crippen molar-refractivity contribution >= 4 is 21.7 Å². The Morgan fingerprint density at radius 1 is 1.10 bits per heavy atom. The summed E-state index contributed by atoms with van der Waals surface area (Å²) < 4.78 is 47.2. The number of amides is 1. The van der Waals surface area contributed by atoms with Gasteiger partial charge in [-0.25, -0.2) is 18.4 Å². The van der Waals surface area contributed by atoms with Crippen molar-refractivity contribution in [3.8, 4) is 0 Å². The van der Waals surface area contributed by atoms with Crippen molar-refractivity contribution in [2.45, 2.75) is 10.7 Å². The zero-order chi connectivity index (χ0) is 15.5. The molecule has 6 nitrogen and oxygen atoms in total. The second kappa shape index (κ2) is 5.92. The summed E-state index contributed by atoms with van der Waals surface area (Å²) in [6.07, 6.45) is 2.86. The predicted molar refractivity (Wildman–Crippen MR) is 69.6 cm³/mol. The summed E-state index contributed by atoms with van der Waals surface area (Å²) in [5.74, 6) is -4.01. The maximum Gasteiger partial charge on any atom is 0.341 e. The fraction of sp³-hybridized carbons (Fsp3) is 0.0833. The lowest BCUT2D eigenvalue weighted by Crippen LogP contribution is -2.15. The summed E-state index contributed by atoms with van der Waals surface area (Å²) in [4.78, 5) is 18.8. The van der Waals surface area contributed by atoms with Crippen LogP contribution in [0.1, 0.15) is 10.4 Å². The van der Waals surface area contributed by atoms with Crippen LogP contribution in [0.3, 0.4) is 0 Å². The van der Waals surface area contributed by atoms with Crippen molar-refractivity contribution in [2.75, 3.05) is 5.32 Å². The molecule has 0 saturated carbocycles. The number of hydrogen-bond acceptors (Lipinski definition) is 5. The standard InChI is InChI=1S/C12H9F2N3O3S/c13-11(14)21(19,20)9-4-2-8(3-5-9)10(18)17-12-15-6-1-7-16-12/h1-7,11H,(H,15,16,17,18). The molecule has 1 amide bonds. The lowest BCUT2D eigenvalue weighted by molar-refractivity contribution is 0.102. The molecule has 1 N–H and O–H groups in total. The Hall–Kier alpha value is -2.42. The predicted octanol–water partition coefficient (Wildman–Crippen LogP) is 1.73. The zero-order valence-electron chi connectivity index (χ0n) is 10.4. The highest BCUT2D eigenvalue weighted by Gasteiger charge is 2.26. The molecule has 1 aromatic carbocycles. The third kappa shape index (κ3) is 3.37. The number of anilines is 1.